The summed E-state index contributed by atoms with van der Waals surface area (Å²) in [5, 5.41) is 3.54. The monoisotopic (exact) mass is 218 g/mol. The van der Waals surface area contributed by atoms with Crippen LogP contribution in [0.15, 0.2) is 30.3 Å². The summed E-state index contributed by atoms with van der Waals surface area (Å²) in [7, 11) is 0. The summed E-state index contributed by atoms with van der Waals surface area (Å²) in [5.41, 5.74) is 1.43. The molecule has 1 saturated heterocycles. The predicted octanol–water partition coefficient (Wildman–Crippen LogP) is 2.43. The van der Waals surface area contributed by atoms with Gasteiger partial charge in [-0.1, -0.05) is 37.3 Å². The van der Waals surface area contributed by atoms with E-state index < -0.39 is 0 Å². The van der Waals surface area contributed by atoms with Crippen molar-refractivity contribution in [2.75, 3.05) is 19.6 Å². The fourth-order valence-corrected chi connectivity index (χ4v) is 2.54. The van der Waals surface area contributed by atoms with E-state index in [-0.39, 0.29) is 0 Å². The van der Waals surface area contributed by atoms with Crippen molar-refractivity contribution < 1.29 is 0 Å². The second-order valence-electron chi connectivity index (χ2n) is 4.62. The van der Waals surface area contributed by atoms with E-state index in [1.54, 1.807) is 0 Å². The third-order valence-corrected chi connectivity index (χ3v) is 3.54. The lowest BCUT2D eigenvalue weighted by molar-refractivity contribution is 0.256. The Bertz CT molecular complexity index is 310. The number of nitrogens with one attached hydrogen (secondary N) is 1. The van der Waals surface area contributed by atoms with Crippen molar-refractivity contribution in [1.82, 2.24) is 10.2 Å². The maximum Gasteiger partial charge on any atom is 0.0320 e. The molecule has 88 valence electrons. The highest BCUT2D eigenvalue weighted by Gasteiger charge is 2.25. The van der Waals surface area contributed by atoms with E-state index in [4.69, 9.17) is 0 Å². The van der Waals surface area contributed by atoms with Crippen molar-refractivity contribution in [2.45, 2.75) is 32.4 Å². The quantitative estimate of drug-likeness (QED) is 0.835. The van der Waals surface area contributed by atoms with Gasteiger partial charge >= 0.3 is 0 Å². The average molecular weight is 218 g/mol. The van der Waals surface area contributed by atoms with Crippen molar-refractivity contribution in [3.05, 3.63) is 35.9 Å². The first-order chi connectivity index (χ1) is 7.81. The molecule has 2 unspecified atom stereocenters. The zero-order chi connectivity index (χ0) is 11.4. The van der Waals surface area contributed by atoms with Gasteiger partial charge in [-0.25, -0.2) is 0 Å². The van der Waals surface area contributed by atoms with Gasteiger partial charge in [0.2, 0.25) is 0 Å². The zero-order valence-corrected chi connectivity index (χ0v) is 10.3. The number of benzene rings is 1. The van der Waals surface area contributed by atoms with Crippen LogP contribution >= 0.6 is 0 Å². The molecule has 1 fully saturated rings. The second kappa shape index (κ2) is 5.46. The van der Waals surface area contributed by atoms with Crippen LogP contribution in [-0.2, 0) is 0 Å². The van der Waals surface area contributed by atoms with Crippen molar-refractivity contribution >= 4 is 0 Å². The van der Waals surface area contributed by atoms with Gasteiger partial charge in [0.1, 0.15) is 0 Å². The van der Waals surface area contributed by atoms with Crippen LogP contribution in [0, 0.1) is 0 Å². The Balaban J connectivity index is 1.94. The number of likely N-dealkylation sites (tertiary alicyclic amines) is 1. The molecule has 0 aliphatic carbocycles. The second-order valence-corrected chi connectivity index (χ2v) is 4.62. The SMILES string of the molecule is CCNC1CCN(C(C)c2ccccc2)C1. The van der Waals surface area contributed by atoms with Crippen LogP contribution in [-0.4, -0.2) is 30.6 Å². The Morgan fingerprint density at radius 1 is 1.38 bits per heavy atom. The zero-order valence-electron chi connectivity index (χ0n) is 10.3. The van der Waals surface area contributed by atoms with E-state index in [2.05, 4.69) is 54.4 Å². The minimum atomic E-state index is 0.546. The molecule has 1 aliphatic heterocycles. The largest absolute Gasteiger partial charge is 0.313 e. The Labute approximate surface area is 98.7 Å². The first-order valence-electron chi connectivity index (χ1n) is 6.33. The standard InChI is InChI=1S/C14H22N2/c1-3-15-14-9-10-16(11-14)12(2)13-7-5-4-6-8-13/h4-8,12,14-15H,3,9-11H2,1-2H3. The molecule has 1 N–H and O–H groups in total. The average Bonchev–Trinajstić information content (AvgIpc) is 2.78. The molecule has 2 rings (SSSR count). The molecule has 1 aliphatic rings. The van der Waals surface area contributed by atoms with E-state index in [1.807, 2.05) is 0 Å². The molecule has 16 heavy (non-hydrogen) atoms. The summed E-state index contributed by atoms with van der Waals surface area (Å²) in [5.74, 6) is 0. The lowest BCUT2D eigenvalue weighted by Gasteiger charge is -2.24. The van der Waals surface area contributed by atoms with E-state index in [9.17, 15) is 0 Å². The first-order valence-corrected chi connectivity index (χ1v) is 6.33. The first kappa shape index (κ1) is 11.6. The van der Waals surface area contributed by atoms with E-state index in [1.165, 1.54) is 25.1 Å². The van der Waals surface area contributed by atoms with Gasteiger partial charge in [-0.15, -0.1) is 0 Å². The minimum absolute atomic E-state index is 0.546. The van der Waals surface area contributed by atoms with Crippen LogP contribution < -0.4 is 5.32 Å². The number of hydrogen-bond acceptors (Lipinski definition) is 2. The summed E-state index contributed by atoms with van der Waals surface area (Å²) in [6.45, 7) is 7.97. The molecule has 1 heterocycles. The molecule has 0 bridgehead atoms. The Morgan fingerprint density at radius 3 is 2.81 bits per heavy atom. The molecule has 1 aromatic rings. The lowest BCUT2D eigenvalue weighted by Crippen LogP contribution is -2.33. The topological polar surface area (TPSA) is 15.3 Å². The van der Waals surface area contributed by atoms with Gasteiger partial charge in [-0.3, -0.25) is 4.90 Å². The number of hydrogen-bond donors (Lipinski definition) is 1. The molecule has 0 aromatic heterocycles. The highest BCUT2D eigenvalue weighted by molar-refractivity contribution is 5.18. The van der Waals surface area contributed by atoms with E-state index in [0.29, 0.717) is 12.1 Å². The molecule has 2 heteroatoms. The van der Waals surface area contributed by atoms with Gasteiger partial charge in [-0.2, -0.15) is 0 Å². The van der Waals surface area contributed by atoms with Crippen LogP contribution in [0.2, 0.25) is 0 Å². The number of nitrogens with zero attached hydrogens (tertiary/aromatic N) is 1. The summed E-state index contributed by atoms with van der Waals surface area (Å²) in [6, 6.07) is 12.0. The van der Waals surface area contributed by atoms with Gasteiger partial charge in [-0.05, 0) is 25.5 Å². The highest BCUT2D eigenvalue weighted by atomic mass is 15.2. The summed E-state index contributed by atoms with van der Waals surface area (Å²) in [4.78, 5) is 2.57. The molecule has 0 saturated carbocycles. The highest BCUT2D eigenvalue weighted by Crippen LogP contribution is 2.24. The predicted molar refractivity (Wildman–Crippen MR) is 68.5 cm³/mol. The smallest absolute Gasteiger partial charge is 0.0320 e. The molecule has 1 aromatic carbocycles. The van der Waals surface area contributed by atoms with Gasteiger partial charge in [0.05, 0.1) is 0 Å². The van der Waals surface area contributed by atoms with Crippen LogP contribution in [0.4, 0.5) is 0 Å². The maximum absolute atomic E-state index is 3.54. The fraction of sp³-hybridized carbons (Fsp3) is 0.571. The molecular weight excluding hydrogens is 196 g/mol. The Hall–Kier alpha value is -0.860. The maximum atomic E-state index is 3.54. The fourth-order valence-electron chi connectivity index (χ4n) is 2.54. The normalized spacial score (nSPS) is 23.5. The van der Waals surface area contributed by atoms with E-state index in [0.717, 1.165) is 6.54 Å². The van der Waals surface area contributed by atoms with Crippen LogP contribution in [0.1, 0.15) is 31.9 Å². The Kier molecular flexibility index (Phi) is 3.97. The summed E-state index contributed by atoms with van der Waals surface area (Å²) in [6.07, 6.45) is 1.28. The van der Waals surface area contributed by atoms with Crippen molar-refractivity contribution in [1.29, 1.82) is 0 Å². The lowest BCUT2D eigenvalue weighted by atomic mass is 10.1. The molecule has 2 atom stereocenters. The number of rotatable bonds is 4. The summed E-state index contributed by atoms with van der Waals surface area (Å²) < 4.78 is 0. The number of likely N-dealkylation sites (N-methyl/N-ethyl adjacent to an activating group) is 1. The van der Waals surface area contributed by atoms with Crippen molar-refractivity contribution in [2.24, 2.45) is 0 Å². The van der Waals surface area contributed by atoms with Gasteiger partial charge in [0.15, 0.2) is 0 Å². The Morgan fingerprint density at radius 2 is 2.12 bits per heavy atom. The molecule has 0 spiro atoms. The molecule has 0 radical (unpaired) electrons. The van der Waals surface area contributed by atoms with Gasteiger partial charge in [0, 0.05) is 25.2 Å². The third kappa shape index (κ3) is 2.63. The third-order valence-electron chi connectivity index (χ3n) is 3.54. The van der Waals surface area contributed by atoms with E-state index >= 15 is 0 Å². The molecular formula is C14H22N2. The van der Waals surface area contributed by atoms with Gasteiger partial charge < -0.3 is 5.32 Å². The van der Waals surface area contributed by atoms with Crippen molar-refractivity contribution in [3.63, 3.8) is 0 Å². The van der Waals surface area contributed by atoms with Crippen LogP contribution in [0.5, 0.6) is 0 Å². The van der Waals surface area contributed by atoms with Crippen LogP contribution in [0.3, 0.4) is 0 Å². The van der Waals surface area contributed by atoms with Crippen LogP contribution in [0.25, 0.3) is 0 Å². The molecule has 0 amide bonds. The van der Waals surface area contributed by atoms with Gasteiger partial charge in [0.25, 0.3) is 0 Å². The minimum Gasteiger partial charge on any atom is -0.313 e. The summed E-state index contributed by atoms with van der Waals surface area (Å²) >= 11 is 0. The van der Waals surface area contributed by atoms with Crippen molar-refractivity contribution in [3.8, 4) is 0 Å². The molecule has 2 nitrogen and oxygen atoms in total.